The molecule has 1 aromatic carbocycles. The van der Waals surface area contributed by atoms with Crippen molar-refractivity contribution in [2.45, 2.75) is 12.8 Å². The van der Waals surface area contributed by atoms with Gasteiger partial charge in [-0.05, 0) is 18.1 Å². The zero-order valence-corrected chi connectivity index (χ0v) is 7.64. The second kappa shape index (κ2) is 3.84. The zero-order valence-electron chi connectivity index (χ0n) is 7.64. The quantitative estimate of drug-likeness (QED) is 0.716. The first-order valence-corrected chi connectivity index (χ1v) is 4.48. The van der Waals surface area contributed by atoms with Crippen LogP contribution in [0.2, 0.25) is 0 Å². The van der Waals surface area contributed by atoms with Crippen molar-refractivity contribution in [1.82, 2.24) is 10.2 Å². The van der Waals surface area contributed by atoms with Crippen LogP contribution >= 0.6 is 0 Å². The Hall–Kier alpha value is -1.95. The molecule has 0 bridgehead atoms. The van der Waals surface area contributed by atoms with E-state index in [-0.39, 0.29) is 0 Å². The number of nitrogens with zero attached hydrogens (tertiary/aromatic N) is 3. The van der Waals surface area contributed by atoms with Gasteiger partial charge in [0.05, 0.1) is 17.8 Å². The van der Waals surface area contributed by atoms with Gasteiger partial charge in [0.15, 0.2) is 0 Å². The van der Waals surface area contributed by atoms with Gasteiger partial charge in [-0.3, -0.25) is 0 Å². The van der Waals surface area contributed by atoms with Crippen molar-refractivity contribution in [1.29, 1.82) is 5.26 Å². The summed E-state index contributed by atoms with van der Waals surface area (Å²) in [4.78, 5) is 0. The maximum Gasteiger partial charge on any atom is 0.0932 e. The van der Waals surface area contributed by atoms with Gasteiger partial charge in [-0.15, -0.1) is 0 Å². The molecule has 1 heterocycles. The molecule has 0 saturated carbocycles. The lowest BCUT2D eigenvalue weighted by molar-refractivity contribution is 0.976. The van der Waals surface area contributed by atoms with Crippen LogP contribution in [0.25, 0.3) is 10.9 Å². The summed E-state index contributed by atoms with van der Waals surface area (Å²) < 4.78 is 0. The number of fused-ring (bicyclic) bond motifs is 1. The lowest BCUT2D eigenvalue weighted by Crippen LogP contribution is -1.91. The Morgan fingerprint density at radius 3 is 3.00 bits per heavy atom. The maximum absolute atomic E-state index is 8.51. The molecule has 0 unspecified atom stereocenters. The van der Waals surface area contributed by atoms with E-state index in [4.69, 9.17) is 5.26 Å². The molecule has 0 radical (unpaired) electrons. The summed E-state index contributed by atoms with van der Waals surface area (Å²) in [6.07, 6.45) is 3.00. The van der Waals surface area contributed by atoms with Crippen molar-refractivity contribution in [2.75, 3.05) is 0 Å². The van der Waals surface area contributed by atoms with Crippen molar-refractivity contribution in [3.05, 3.63) is 36.0 Å². The summed E-state index contributed by atoms with van der Waals surface area (Å²) in [5.41, 5.74) is 1.99. The first-order chi connectivity index (χ1) is 6.92. The highest BCUT2D eigenvalue weighted by molar-refractivity contribution is 5.81. The first kappa shape index (κ1) is 8.64. The molecule has 0 N–H and O–H groups in total. The van der Waals surface area contributed by atoms with Gasteiger partial charge >= 0.3 is 0 Å². The molecule has 2 rings (SSSR count). The van der Waals surface area contributed by atoms with Crippen LogP contribution in [-0.2, 0) is 6.42 Å². The Morgan fingerprint density at radius 1 is 1.29 bits per heavy atom. The van der Waals surface area contributed by atoms with E-state index < -0.39 is 0 Å². The van der Waals surface area contributed by atoms with Crippen LogP contribution in [0.4, 0.5) is 0 Å². The van der Waals surface area contributed by atoms with E-state index in [1.54, 1.807) is 6.20 Å². The Labute approximate surface area is 82.0 Å². The monoisotopic (exact) mass is 183 g/mol. The first-order valence-electron chi connectivity index (χ1n) is 4.48. The Morgan fingerprint density at radius 2 is 2.14 bits per heavy atom. The highest BCUT2D eigenvalue weighted by Gasteiger charge is 2.00. The SMILES string of the molecule is N#CCCc1cnnc2ccccc12. The zero-order chi connectivity index (χ0) is 9.80. The fourth-order valence-corrected chi connectivity index (χ4v) is 1.45. The van der Waals surface area contributed by atoms with Crippen LogP contribution in [-0.4, -0.2) is 10.2 Å². The van der Waals surface area contributed by atoms with E-state index in [0.717, 1.165) is 22.9 Å². The van der Waals surface area contributed by atoms with E-state index in [1.165, 1.54) is 0 Å². The minimum atomic E-state index is 0.523. The minimum absolute atomic E-state index is 0.523. The highest BCUT2D eigenvalue weighted by Crippen LogP contribution is 2.15. The number of benzene rings is 1. The van der Waals surface area contributed by atoms with Crippen LogP contribution in [0.15, 0.2) is 30.5 Å². The van der Waals surface area contributed by atoms with Crippen LogP contribution < -0.4 is 0 Å². The molecule has 68 valence electrons. The Kier molecular flexibility index (Phi) is 2.37. The molecular formula is C11H9N3. The number of hydrogen-bond acceptors (Lipinski definition) is 3. The number of nitriles is 1. The van der Waals surface area contributed by atoms with Gasteiger partial charge in [0.2, 0.25) is 0 Å². The molecule has 0 fully saturated rings. The fourth-order valence-electron chi connectivity index (χ4n) is 1.45. The molecule has 14 heavy (non-hydrogen) atoms. The summed E-state index contributed by atoms with van der Waals surface area (Å²) >= 11 is 0. The van der Waals surface area contributed by atoms with Gasteiger partial charge in [-0.25, -0.2) is 0 Å². The van der Waals surface area contributed by atoms with E-state index in [0.29, 0.717) is 6.42 Å². The molecule has 0 aliphatic rings. The van der Waals surface area contributed by atoms with Gasteiger partial charge in [-0.1, -0.05) is 18.2 Å². The highest BCUT2D eigenvalue weighted by atomic mass is 15.1. The van der Waals surface area contributed by atoms with Crippen molar-refractivity contribution in [3.63, 3.8) is 0 Å². The summed E-state index contributed by atoms with van der Waals surface area (Å²) in [7, 11) is 0. The summed E-state index contributed by atoms with van der Waals surface area (Å²) in [5, 5.41) is 17.5. The third-order valence-corrected chi connectivity index (χ3v) is 2.14. The molecule has 0 spiro atoms. The molecule has 0 amide bonds. The second-order valence-corrected chi connectivity index (χ2v) is 3.05. The van der Waals surface area contributed by atoms with Gasteiger partial charge in [0.25, 0.3) is 0 Å². The molecule has 1 aromatic heterocycles. The fraction of sp³-hybridized carbons (Fsp3) is 0.182. The smallest absolute Gasteiger partial charge is 0.0932 e. The van der Waals surface area contributed by atoms with Gasteiger partial charge in [-0.2, -0.15) is 15.5 Å². The van der Waals surface area contributed by atoms with Crippen molar-refractivity contribution in [2.24, 2.45) is 0 Å². The molecule has 0 saturated heterocycles. The molecule has 0 atom stereocenters. The predicted molar refractivity (Wildman–Crippen MR) is 53.5 cm³/mol. The summed E-state index contributed by atoms with van der Waals surface area (Å²) in [5.74, 6) is 0. The van der Waals surface area contributed by atoms with Crippen molar-refractivity contribution >= 4 is 10.9 Å². The van der Waals surface area contributed by atoms with Crippen LogP contribution in [0, 0.1) is 11.3 Å². The third-order valence-electron chi connectivity index (χ3n) is 2.14. The van der Waals surface area contributed by atoms with Crippen molar-refractivity contribution < 1.29 is 0 Å². The Bertz CT molecular complexity index is 480. The van der Waals surface area contributed by atoms with Crippen LogP contribution in [0.3, 0.4) is 0 Å². The number of rotatable bonds is 2. The van der Waals surface area contributed by atoms with Crippen molar-refractivity contribution in [3.8, 4) is 6.07 Å². The largest absolute Gasteiger partial charge is 0.198 e. The topological polar surface area (TPSA) is 49.6 Å². The van der Waals surface area contributed by atoms with Gasteiger partial charge in [0, 0.05) is 11.8 Å². The van der Waals surface area contributed by atoms with Crippen LogP contribution in [0.1, 0.15) is 12.0 Å². The predicted octanol–water partition coefficient (Wildman–Crippen LogP) is 2.09. The van der Waals surface area contributed by atoms with Gasteiger partial charge < -0.3 is 0 Å². The van der Waals surface area contributed by atoms with Crippen LogP contribution in [0.5, 0.6) is 0 Å². The van der Waals surface area contributed by atoms with E-state index in [2.05, 4.69) is 16.3 Å². The molecule has 2 aromatic rings. The lowest BCUT2D eigenvalue weighted by atomic mass is 10.1. The normalized spacial score (nSPS) is 9.93. The average Bonchev–Trinajstić information content (AvgIpc) is 2.26. The Balaban J connectivity index is 2.49. The van der Waals surface area contributed by atoms with E-state index in [1.807, 2.05) is 24.3 Å². The molecule has 3 nitrogen and oxygen atoms in total. The average molecular weight is 183 g/mol. The molecule has 0 aliphatic carbocycles. The number of aryl methyl sites for hydroxylation is 1. The maximum atomic E-state index is 8.51. The summed E-state index contributed by atoms with van der Waals surface area (Å²) in [6.45, 7) is 0. The number of hydrogen-bond donors (Lipinski definition) is 0. The van der Waals surface area contributed by atoms with E-state index >= 15 is 0 Å². The summed E-state index contributed by atoms with van der Waals surface area (Å²) in [6, 6.07) is 9.98. The lowest BCUT2D eigenvalue weighted by Gasteiger charge is -2.01. The van der Waals surface area contributed by atoms with E-state index in [9.17, 15) is 0 Å². The molecule has 3 heteroatoms. The third kappa shape index (κ3) is 1.55. The molecular weight excluding hydrogens is 174 g/mol. The second-order valence-electron chi connectivity index (χ2n) is 3.05. The number of aromatic nitrogens is 2. The van der Waals surface area contributed by atoms with Gasteiger partial charge in [0.1, 0.15) is 0 Å². The minimum Gasteiger partial charge on any atom is -0.198 e. The molecule has 0 aliphatic heterocycles. The standard InChI is InChI=1S/C11H9N3/c12-7-3-4-9-8-13-14-11-6-2-1-5-10(9)11/h1-2,5-6,8H,3-4H2.